The highest BCUT2D eigenvalue weighted by atomic mass is 35.5. The van der Waals surface area contributed by atoms with Gasteiger partial charge in [-0.3, -0.25) is 0 Å². The van der Waals surface area contributed by atoms with Crippen LogP contribution in [0.1, 0.15) is 24.9 Å². The van der Waals surface area contributed by atoms with Crippen molar-refractivity contribution in [1.29, 1.82) is 0 Å². The van der Waals surface area contributed by atoms with Gasteiger partial charge in [0.2, 0.25) is 0 Å². The van der Waals surface area contributed by atoms with Crippen LogP contribution in [0.5, 0.6) is 0 Å². The molecule has 3 N–H and O–H groups in total. The Morgan fingerprint density at radius 3 is 2.81 bits per heavy atom. The highest BCUT2D eigenvalue weighted by molar-refractivity contribution is 6.31. The summed E-state index contributed by atoms with van der Waals surface area (Å²) in [4.78, 5) is 0. The third-order valence-corrected chi connectivity index (χ3v) is 2.68. The first-order chi connectivity index (χ1) is 7.79. The molecule has 0 aliphatic heterocycles. The Balaban J connectivity index is 2.59. The zero-order valence-electron chi connectivity index (χ0n) is 9.46. The monoisotopic (exact) mass is 236 g/mol. The number of halogens is 1. The van der Waals surface area contributed by atoms with Crippen molar-refractivity contribution in [2.75, 3.05) is 13.1 Å². The van der Waals surface area contributed by atoms with Crippen LogP contribution in [0.2, 0.25) is 5.02 Å². The first-order valence-corrected chi connectivity index (χ1v) is 5.75. The average molecular weight is 237 g/mol. The van der Waals surface area contributed by atoms with Crippen LogP contribution in [0, 0.1) is 11.8 Å². The minimum absolute atomic E-state index is 0.104. The van der Waals surface area contributed by atoms with Crippen LogP contribution in [0.25, 0.3) is 0 Å². The van der Waals surface area contributed by atoms with Crippen molar-refractivity contribution in [2.45, 2.75) is 19.4 Å². The first kappa shape index (κ1) is 13.1. The van der Waals surface area contributed by atoms with Gasteiger partial charge in [0.15, 0.2) is 0 Å². The Morgan fingerprint density at radius 1 is 1.44 bits per heavy atom. The van der Waals surface area contributed by atoms with E-state index >= 15 is 0 Å². The summed E-state index contributed by atoms with van der Waals surface area (Å²) in [5.41, 5.74) is 6.78. The normalized spacial score (nSPS) is 11.7. The van der Waals surface area contributed by atoms with Gasteiger partial charge >= 0.3 is 0 Å². The van der Waals surface area contributed by atoms with Crippen LogP contribution in [-0.2, 0) is 0 Å². The van der Waals surface area contributed by atoms with E-state index in [2.05, 4.69) is 17.2 Å². The standard InChI is InChI=1S/C13H17ClN2/c1-2-3-6-9-16-13(10-15)11-7-4-5-8-12(11)14/h4-5,7-8,13,16H,6,9-10,15H2,1H3. The SMILES string of the molecule is CC#CCCNC(CN)c1ccccc1Cl. The Bertz CT molecular complexity index is 379. The molecule has 0 spiro atoms. The smallest absolute Gasteiger partial charge is 0.0459 e. The summed E-state index contributed by atoms with van der Waals surface area (Å²) in [6.07, 6.45) is 0.831. The number of benzene rings is 1. The first-order valence-electron chi connectivity index (χ1n) is 5.37. The van der Waals surface area contributed by atoms with Crippen LogP contribution in [0.15, 0.2) is 24.3 Å². The lowest BCUT2D eigenvalue weighted by atomic mass is 10.1. The Morgan fingerprint density at radius 2 is 2.19 bits per heavy atom. The molecule has 0 saturated carbocycles. The number of rotatable bonds is 5. The lowest BCUT2D eigenvalue weighted by Gasteiger charge is -2.17. The van der Waals surface area contributed by atoms with Crippen molar-refractivity contribution in [1.82, 2.24) is 5.32 Å². The molecule has 0 radical (unpaired) electrons. The van der Waals surface area contributed by atoms with Gasteiger partial charge < -0.3 is 11.1 Å². The topological polar surface area (TPSA) is 38.0 Å². The molecule has 0 bridgehead atoms. The zero-order chi connectivity index (χ0) is 11.8. The summed E-state index contributed by atoms with van der Waals surface area (Å²) in [7, 11) is 0. The molecule has 0 saturated heterocycles. The maximum Gasteiger partial charge on any atom is 0.0459 e. The van der Waals surface area contributed by atoms with Crippen LogP contribution in [0.4, 0.5) is 0 Å². The van der Waals surface area contributed by atoms with E-state index in [0.717, 1.165) is 23.6 Å². The minimum atomic E-state index is 0.104. The van der Waals surface area contributed by atoms with E-state index in [1.807, 2.05) is 31.2 Å². The van der Waals surface area contributed by atoms with E-state index in [4.69, 9.17) is 17.3 Å². The molecule has 0 aliphatic carbocycles. The molecule has 16 heavy (non-hydrogen) atoms. The van der Waals surface area contributed by atoms with E-state index < -0.39 is 0 Å². The number of nitrogens with one attached hydrogen (secondary N) is 1. The molecule has 1 unspecified atom stereocenters. The van der Waals surface area contributed by atoms with Gasteiger partial charge in [-0.05, 0) is 18.6 Å². The molecule has 0 aromatic heterocycles. The van der Waals surface area contributed by atoms with Gasteiger partial charge in [-0.1, -0.05) is 29.8 Å². The molecule has 0 amide bonds. The predicted molar refractivity (Wildman–Crippen MR) is 69.3 cm³/mol. The fraction of sp³-hybridized carbons (Fsp3) is 0.385. The second-order valence-corrected chi connectivity index (χ2v) is 3.85. The lowest BCUT2D eigenvalue weighted by Crippen LogP contribution is -2.29. The molecule has 1 atom stereocenters. The predicted octanol–water partition coefficient (Wildman–Crippen LogP) is 2.34. The van der Waals surface area contributed by atoms with E-state index in [-0.39, 0.29) is 6.04 Å². The van der Waals surface area contributed by atoms with Gasteiger partial charge in [0.05, 0.1) is 0 Å². The highest BCUT2D eigenvalue weighted by Crippen LogP contribution is 2.21. The number of nitrogens with two attached hydrogens (primary N) is 1. The van der Waals surface area contributed by atoms with Gasteiger partial charge in [-0.25, -0.2) is 0 Å². The zero-order valence-corrected chi connectivity index (χ0v) is 10.2. The Kier molecular flexibility index (Phi) is 5.95. The maximum absolute atomic E-state index is 6.11. The van der Waals surface area contributed by atoms with Gasteiger partial charge in [-0.15, -0.1) is 11.8 Å². The van der Waals surface area contributed by atoms with Crippen molar-refractivity contribution in [2.24, 2.45) is 5.73 Å². The van der Waals surface area contributed by atoms with Gasteiger partial charge in [0.25, 0.3) is 0 Å². The van der Waals surface area contributed by atoms with Crippen LogP contribution < -0.4 is 11.1 Å². The number of hydrogen-bond acceptors (Lipinski definition) is 2. The summed E-state index contributed by atoms with van der Waals surface area (Å²) >= 11 is 6.11. The van der Waals surface area contributed by atoms with E-state index in [1.54, 1.807) is 0 Å². The molecule has 3 heteroatoms. The van der Waals surface area contributed by atoms with Gasteiger partial charge in [0.1, 0.15) is 0 Å². The summed E-state index contributed by atoms with van der Waals surface area (Å²) in [6, 6.07) is 7.87. The molecule has 1 aromatic carbocycles. The minimum Gasteiger partial charge on any atom is -0.329 e. The van der Waals surface area contributed by atoms with E-state index in [1.165, 1.54) is 0 Å². The molecule has 1 aromatic rings. The van der Waals surface area contributed by atoms with Gasteiger partial charge in [0, 0.05) is 30.6 Å². The Hall–Kier alpha value is -1.01. The molecule has 0 fully saturated rings. The highest BCUT2D eigenvalue weighted by Gasteiger charge is 2.10. The second kappa shape index (κ2) is 7.29. The summed E-state index contributed by atoms with van der Waals surface area (Å²) in [5.74, 6) is 5.87. The van der Waals surface area contributed by atoms with Crippen molar-refractivity contribution in [3.8, 4) is 11.8 Å². The van der Waals surface area contributed by atoms with E-state index in [9.17, 15) is 0 Å². The van der Waals surface area contributed by atoms with Crippen molar-refractivity contribution in [3.63, 3.8) is 0 Å². The molecular formula is C13H17ClN2. The average Bonchev–Trinajstić information content (AvgIpc) is 2.31. The largest absolute Gasteiger partial charge is 0.329 e. The molecule has 1 rings (SSSR count). The van der Waals surface area contributed by atoms with E-state index in [0.29, 0.717) is 6.54 Å². The third-order valence-electron chi connectivity index (χ3n) is 2.33. The van der Waals surface area contributed by atoms with Crippen molar-refractivity contribution < 1.29 is 0 Å². The maximum atomic E-state index is 6.11. The molecule has 2 nitrogen and oxygen atoms in total. The molecule has 0 aliphatic rings. The molecule has 0 heterocycles. The summed E-state index contributed by atoms with van der Waals surface area (Å²) < 4.78 is 0. The number of hydrogen-bond donors (Lipinski definition) is 2. The van der Waals surface area contributed by atoms with Crippen LogP contribution >= 0.6 is 11.6 Å². The second-order valence-electron chi connectivity index (χ2n) is 3.44. The van der Waals surface area contributed by atoms with Crippen molar-refractivity contribution in [3.05, 3.63) is 34.9 Å². The Labute approximate surface area is 102 Å². The van der Waals surface area contributed by atoms with Crippen molar-refractivity contribution >= 4 is 11.6 Å². The summed E-state index contributed by atoms with van der Waals surface area (Å²) in [6.45, 7) is 3.20. The van der Waals surface area contributed by atoms with Gasteiger partial charge in [-0.2, -0.15) is 0 Å². The molecular weight excluding hydrogens is 220 g/mol. The lowest BCUT2D eigenvalue weighted by molar-refractivity contribution is 0.551. The van der Waals surface area contributed by atoms with Crippen LogP contribution in [0.3, 0.4) is 0 Å². The molecule has 86 valence electrons. The fourth-order valence-corrected chi connectivity index (χ4v) is 1.78. The third kappa shape index (κ3) is 3.86. The fourth-order valence-electron chi connectivity index (χ4n) is 1.51. The quantitative estimate of drug-likeness (QED) is 0.609. The van der Waals surface area contributed by atoms with Crippen LogP contribution in [-0.4, -0.2) is 13.1 Å². The summed E-state index contributed by atoms with van der Waals surface area (Å²) in [5, 5.41) is 4.11.